The van der Waals surface area contributed by atoms with Crippen LogP contribution in [-0.4, -0.2) is 27.5 Å². The summed E-state index contributed by atoms with van der Waals surface area (Å²) >= 11 is 0. The van der Waals surface area contributed by atoms with Crippen molar-refractivity contribution in [1.82, 2.24) is 9.55 Å². The van der Waals surface area contributed by atoms with Crippen molar-refractivity contribution in [3.63, 3.8) is 0 Å². The number of hydrogen-bond acceptors (Lipinski definition) is 4. The Hall–Kier alpha value is -2.17. The monoisotopic (exact) mass is 530 g/mol. The molecule has 1 aromatic heterocycles. The standard InChI is InChI=1S/C34H46N2O3/c1-19(10-13-31-35-29-8-6-7-9-30(29)36(31)20(2)37)25-11-12-26-32-24-17-22-16-23(39-21(3)38)18-28(24)34(22,5)27(32)14-15-33(25,26)4/h6-9,19,22-28,32H,10-18H2,1-5H3. The second kappa shape index (κ2) is 8.91. The second-order valence-corrected chi connectivity index (χ2v) is 14.7. The molecule has 0 saturated heterocycles. The molecule has 1 heterocycles. The molecule has 7 rings (SSSR count). The molecular weight excluding hydrogens is 484 g/mol. The van der Waals surface area contributed by atoms with Crippen LogP contribution in [-0.2, 0) is 16.0 Å². The van der Waals surface area contributed by atoms with E-state index in [0.717, 1.165) is 84.0 Å². The number of carbonyl (C=O) groups is 2. The first-order chi connectivity index (χ1) is 18.6. The molecule has 1 aromatic carbocycles. The van der Waals surface area contributed by atoms with Crippen molar-refractivity contribution < 1.29 is 14.3 Å². The largest absolute Gasteiger partial charge is 0.463 e. The Kier molecular flexibility index (Phi) is 5.89. The SMILES string of the molecule is CC(=O)OC1CC2CC3C4C5CCC(C(C)CCc6nc7ccccc7n6C(C)=O)C5(C)CCC4C2(C)C3C1. The fourth-order valence-electron chi connectivity index (χ4n) is 12.0. The third-order valence-electron chi connectivity index (χ3n) is 13.3. The Balaban J connectivity index is 1.09. The number of benzene rings is 1. The maximum Gasteiger partial charge on any atom is 0.302 e. The molecule has 5 nitrogen and oxygen atoms in total. The molecule has 4 bridgehead atoms. The zero-order chi connectivity index (χ0) is 27.3. The lowest BCUT2D eigenvalue weighted by Gasteiger charge is -2.55. The molecule has 2 aromatic rings. The Morgan fingerprint density at radius 2 is 1.85 bits per heavy atom. The molecule has 5 fully saturated rings. The third kappa shape index (κ3) is 3.59. The van der Waals surface area contributed by atoms with Crippen LogP contribution in [0.3, 0.4) is 0 Å². The molecule has 0 spiro atoms. The van der Waals surface area contributed by atoms with Crippen LogP contribution < -0.4 is 0 Å². The van der Waals surface area contributed by atoms with Gasteiger partial charge in [-0.15, -0.1) is 0 Å². The number of aromatic nitrogens is 2. The molecule has 0 aliphatic heterocycles. The van der Waals surface area contributed by atoms with Crippen molar-refractivity contribution >= 4 is 22.9 Å². The number of esters is 1. The van der Waals surface area contributed by atoms with E-state index in [1.807, 2.05) is 28.8 Å². The minimum absolute atomic E-state index is 0.0588. The molecule has 210 valence electrons. The summed E-state index contributed by atoms with van der Waals surface area (Å²) in [5.74, 6) is 7.15. The summed E-state index contributed by atoms with van der Waals surface area (Å²) in [5.41, 5.74) is 2.74. The first-order valence-corrected chi connectivity index (χ1v) is 15.8. The summed E-state index contributed by atoms with van der Waals surface area (Å²) in [6.45, 7) is 11.0. The molecule has 0 amide bonds. The fourth-order valence-corrected chi connectivity index (χ4v) is 12.0. The zero-order valence-electron chi connectivity index (χ0n) is 24.5. The van der Waals surface area contributed by atoms with Gasteiger partial charge < -0.3 is 4.74 Å². The Bertz CT molecular complexity index is 1310. The Morgan fingerprint density at radius 1 is 1.05 bits per heavy atom. The van der Waals surface area contributed by atoms with E-state index in [2.05, 4.69) is 20.8 Å². The van der Waals surface area contributed by atoms with E-state index in [-0.39, 0.29) is 18.0 Å². The molecule has 5 heteroatoms. The van der Waals surface area contributed by atoms with E-state index in [0.29, 0.717) is 16.7 Å². The van der Waals surface area contributed by atoms with Gasteiger partial charge in [0.2, 0.25) is 5.91 Å². The first-order valence-electron chi connectivity index (χ1n) is 15.8. The zero-order valence-corrected chi connectivity index (χ0v) is 24.5. The molecule has 5 aliphatic carbocycles. The van der Waals surface area contributed by atoms with E-state index in [4.69, 9.17) is 9.72 Å². The van der Waals surface area contributed by atoms with Crippen LogP contribution >= 0.6 is 0 Å². The quantitative estimate of drug-likeness (QED) is 0.380. The highest BCUT2D eigenvalue weighted by molar-refractivity contribution is 5.89. The highest BCUT2D eigenvalue weighted by Gasteiger charge is 2.72. The van der Waals surface area contributed by atoms with E-state index >= 15 is 0 Å². The normalized spacial score (nSPS) is 42.8. The summed E-state index contributed by atoms with van der Waals surface area (Å²) in [6, 6.07) is 8.02. The summed E-state index contributed by atoms with van der Waals surface area (Å²) in [7, 11) is 0. The number of nitrogens with zero attached hydrogens (tertiary/aromatic N) is 2. The average Bonchev–Trinajstić information content (AvgIpc) is 3.53. The van der Waals surface area contributed by atoms with Crippen LogP contribution in [0.4, 0.5) is 0 Å². The Morgan fingerprint density at radius 3 is 2.62 bits per heavy atom. The van der Waals surface area contributed by atoms with Crippen molar-refractivity contribution in [2.24, 2.45) is 58.2 Å². The van der Waals surface area contributed by atoms with Gasteiger partial charge in [0.1, 0.15) is 11.9 Å². The fraction of sp³-hybridized carbons (Fsp3) is 0.735. The van der Waals surface area contributed by atoms with Gasteiger partial charge in [0.25, 0.3) is 0 Å². The summed E-state index contributed by atoms with van der Waals surface area (Å²) in [5, 5.41) is 0. The second-order valence-electron chi connectivity index (χ2n) is 14.7. The van der Waals surface area contributed by atoms with Crippen molar-refractivity contribution in [3.8, 4) is 0 Å². The van der Waals surface area contributed by atoms with Gasteiger partial charge in [-0.3, -0.25) is 14.2 Å². The van der Waals surface area contributed by atoms with Crippen LogP contribution in [0, 0.1) is 58.2 Å². The molecule has 5 saturated carbocycles. The van der Waals surface area contributed by atoms with Crippen LogP contribution in [0.5, 0.6) is 0 Å². The molecule has 11 unspecified atom stereocenters. The summed E-state index contributed by atoms with van der Waals surface area (Å²) < 4.78 is 7.63. The molecule has 39 heavy (non-hydrogen) atoms. The number of fused-ring (bicyclic) bond motifs is 5. The van der Waals surface area contributed by atoms with Crippen LogP contribution in [0.1, 0.15) is 96.6 Å². The van der Waals surface area contributed by atoms with Crippen molar-refractivity contribution in [2.75, 3.05) is 0 Å². The number of aryl methyl sites for hydroxylation is 1. The molecule has 0 radical (unpaired) electrons. The lowest BCUT2D eigenvalue weighted by Crippen LogP contribution is -2.49. The van der Waals surface area contributed by atoms with Gasteiger partial charge in [-0.25, -0.2) is 4.98 Å². The van der Waals surface area contributed by atoms with Gasteiger partial charge in [-0.05, 0) is 122 Å². The first kappa shape index (κ1) is 25.8. The predicted molar refractivity (Wildman–Crippen MR) is 152 cm³/mol. The van der Waals surface area contributed by atoms with Gasteiger partial charge in [-0.2, -0.15) is 0 Å². The minimum Gasteiger partial charge on any atom is -0.463 e. The number of carbonyl (C=O) groups excluding carboxylic acids is 2. The average molecular weight is 531 g/mol. The van der Waals surface area contributed by atoms with Crippen LogP contribution in [0.25, 0.3) is 11.0 Å². The van der Waals surface area contributed by atoms with E-state index in [9.17, 15) is 9.59 Å². The topological polar surface area (TPSA) is 61.2 Å². The maximum absolute atomic E-state index is 12.5. The van der Waals surface area contributed by atoms with Gasteiger partial charge in [0.05, 0.1) is 11.0 Å². The van der Waals surface area contributed by atoms with E-state index in [1.165, 1.54) is 32.1 Å². The third-order valence-corrected chi connectivity index (χ3v) is 13.3. The van der Waals surface area contributed by atoms with Crippen LogP contribution in [0.15, 0.2) is 24.3 Å². The van der Waals surface area contributed by atoms with E-state index in [1.54, 1.807) is 13.8 Å². The predicted octanol–water partition coefficient (Wildman–Crippen LogP) is 7.32. The Labute approximate surface area is 233 Å². The van der Waals surface area contributed by atoms with Crippen LogP contribution in [0.2, 0.25) is 0 Å². The molecular formula is C34H46N2O3. The lowest BCUT2D eigenvalue weighted by atomic mass is 9.49. The smallest absolute Gasteiger partial charge is 0.302 e. The van der Waals surface area contributed by atoms with Crippen molar-refractivity contribution in [1.29, 1.82) is 0 Å². The molecule has 0 N–H and O–H groups in total. The lowest BCUT2D eigenvalue weighted by molar-refractivity contribution is -0.152. The van der Waals surface area contributed by atoms with Gasteiger partial charge in [-0.1, -0.05) is 32.9 Å². The molecule has 11 atom stereocenters. The van der Waals surface area contributed by atoms with Gasteiger partial charge in [0, 0.05) is 20.3 Å². The maximum atomic E-state index is 12.5. The summed E-state index contributed by atoms with van der Waals surface area (Å²) in [6.07, 6.45) is 11.2. The highest BCUT2D eigenvalue weighted by atomic mass is 16.5. The minimum atomic E-state index is -0.102. The number of imidazole rings is 1. The summed E-state index contributed by atoms with van der Waals surface area (Å²) in [4.78, 5) is 29.1. The number of ether oxygens (including phenoxy) is 1. The highest BCUT2D eigenvalue weighted by Crippen LogP contribution is 2.78. The molecule has 5 aliphatic rings. The van der Waals surface area contributed by atoms with Gasteiger partial charge in [0.15, 0.2) is 0 Å². The number of hydrogen-bond donors (Lipinski definition) is 0. The number of para-hydroxylation sites is 2. The van der Waals surface area contributed by atoms with E-state index < -0.39 is 0 Å². The van der Waals surface area contributed by atoms with Crippen molar-refractivity contribution in [2.45, 2.75) is 98.5 Å². The van der Waals surface area contributed by atoms with Crippen molar-refractivity contribution in [3.05, 3.63) is 30.1 Å². The van der Waals surface area contributed by atoms with Gasteiger partial charge >= 0.3 is 5.97 Å². The number of rotatable bonds is 5.